The summed E-state index contributed by atoms with van der Waals surface area (Å²) in [6.45, 7) is 1.35. The number of carbonyl (C=O) groups is 2. The molecule has 0 unspecified atom stereocenters. The van der Waals surface area contributed by atoms with Gasteiger partial charge in [0.1, 0.15) is 6.10 Å². The van der Waals surface area contributed by atoms with E-state index in [1.54, 1.807) is 6.07 Å². The zero-order valence-electron chi connectivity index (χ0n) is 7.82. The van der Waals surface area contributed by atoms with Crippen LogP contribution in [-0.4, -0.2) is 11.8 Å². The number of benzene rings is 1. The van der Waals surface area contributed by atoms with E-state index >= 15 is 0 Å². The van der Waals surface area contributed by atoms with Crippen LogP contribution in [0.15, 0.2) is 24.3 Å². The Kier molecular flexibility index (Phi) is 2.08. The van der Waals surface area contributed by atoms with Crippen molar-refractivity contribution in [3.8, 4) is 0 Å². The average molecular weight is 190 g/mol. The fourth-order valence-electron chi connectivity index (χ4n) is 1.73. The molecule has 72 valence electrons. The van der Waals surface area contributed by atoms with Crippen molar-refractivity contribution in [2.75, 3.05) is 0 Å². The van der Waals surface area contributed by atoms with Crippen LogP contribution in [0.3, 0.4) is 0 Å². The predicted octanol–water partition coefficient (Wildman–Crippen LogP) is 1.88. The maximum absolute atomic E-state index is 11.5. The monoisotopic (exact) mass is 190 g/mol. The molecule has 1 aromatic rings. The molecule has 0 saturated heterocycles. The minimum atomic E-state index is -0.379. The maximum atomic E-state index is 11.5. The van der Waals surface area contributed by atoms with Crippen LogP contribution in [0.5, 0.6) is 0 Å². The quantitative estimate of drug-likeness (QED) is 0.635. The summed E-state index contributed by atoms with van der Waals surface area (Å²) in [5, 5.41) is 0. The fourth-order valence-corrected chi connectivity index (χ4v) is 1.73. The molecule has 1 aromatic carbocycles. The second kappa shape index (κ2) is 3.25. The van der Waals surface area contributed by atoms with Crippen LogP contribution in [0.4, 0.5) is 0 Å². The van der Waals surface area contributed by atoms with Gasteiger partial charge in [-0.2, -0.15) is 0 Å². The lowest BCUT2D eigenvalue weighted by Gasteiger charge is -2.09. The number of ether oxygens (including phenoxy) is 1. The van der Waals surface area contributed by atoms with Gasteiger partial charge in [-0.25, -0.2) is 0 Å². The van der Waals surface area contributed by atoms with Gasteiger partial charge in [0.15, 0.2) is 5.78 Å². The Morgan fingerprint density at radius 1 is 1.43 bits per heavy atom. The number of rotatable bonds is 1. The minimum Gasteiger partial charge on any atom is -0.457 e. The van der Waals surface area contributed by atoms with Gasteiger partial charge in [-0.3, -0.25) is 9.59 Å². The molecule has 3 heteroatoms. The normalized spacial score (nSPS) is 19.2. The number of esters is 1. The van der Waals surface area contributed by atoms with Gasteiger partial charge in [-0.1, -0.05) is 24.3 Å². The number of Topliss-reactive ketones (excluding diaryl/α,β-unsaturated/α-hetero) is 1. The van der Waals surface area contributed by atoms with Gasteiger partial charge in [0.25, 0.3) is 0 Å². The maximum Gasteiger partial charge on any atom is 0.303 e. The molecule has 1 aliphatic rings. The van der Waals surface area contributed by atoms with Crippen molar-refractivity contribution in [1.82, 2.24) is 0 Å². The molecular formula is C11H10O3. The number of hydrogen-bond acceptors (Lipinski definition) is 3. The molecule has 0 spiro atoms. The summed E-state index contributed by atoms with van der Waals surface area (Å²) >= 11 is 0. The van der Waals surface area contributed by atoms with Crippen molar-refractivity contribution in [1.29, 1.82) is 0 Å². The van der Waals surface area contributed by atoms with Crippen LogP contribution < -0.4 is 0 Å². The van der Waals surface area contributed by atoms with Gasteiger partial charge in [-0.15, -0.1) is 0 Å². The highest BCUT2D eigenvalue weighted by molar-refractivity contribution is 6.01. The first kappa shape index (κ1) is 8.94. The molecule has 0 fully saturated rings. The molecule has 0 bridgehead atoms. The summed E-state index contributed by atoms with van der Waals surface area (Å²) in [6, 6.07) is 7.25. The van der Waals surface area contributed by atoms with Crippen molar-refractivity contribution in [2.45, 2.75) is 19.4 Å². The third-order valence-corrected chi connectivity index (χ3v) is 2.29. The Morgan fingerprint density at radius 2 is 2.14 bits per heavy atom. The zero-order valence-corrected chi connectivity index (χ0v) is 7.82. The van der Waals surface area contributed by atoms with Crippen LogP contribution in [0.2, 0.25) is 0 Å². The number of carbonyl (C=O) groups excluding carboxylic acids is 2. The van der Waals surface area contributed by atoms with E-state index in [9.17, 15) is 9.59 Å². The number of hydrogen-bond donors (Lipinski definition) is 0. The Bertz CT molecular complexity index is 393. The van der Waals surface area contributed by atoms with E-state index in [1.807, 2.05) is 18.2 Å². The third kappa shape index (κ3) is 1.41. The molecule has 0 radical (unpaired) electrons. The summed E-state index contributed by atoms with van der Waals surface area (Å²) in [5.74, 6) is -0.300. The van der Waals surface area contributed by atoms with E-state index in [2.05, 4.69) is 0 Å². The van der Waals surface area contributed by atoms with E-state index in [4.69, 9.17) is 4.74 Å². The van der Waals surface area contributed by atoms with Gasteiger partial charge >= 0.3 is 5.97 Å². The van der Waals surface area contributed by atoms with Crippen molar-refractivity contribution < 1.29 is 14.3 Å². The first-order chi connectivity index (χ1) is 6.68. The molecular weight excluding hydrogens is 180 g/mol. The minimum absolute atomic E-state index is 0.0480. The number of fused-ring (bicyclic) bond motifs is 1. The van der Waals surface area contributed by atoms with Crippen molar-refractivity contribution in [3.63, 3.8) is 0 Å². The van der Waals surface area contributed by atoms with Crippen LogP contribution in [0.25, 0.3) is 0 Å². The summed E-state index contributed by atoms with van der Waals surface area (Å²) < 4.78 is 5.05. The van der Waals surface area contributed by atoms with Crippen LogP contribution in [0.1, 0.15) is 35.4 Å². The van der Waals surface area contributed by atoms with Crippen molar-refractivity contribution >= 4 is 11.8 Å². The summed E-state index contributed by atoms with van der Waals surface area (Å²) in [4.78, 5) is 22.2. The highest BCUT2D eigenvalue weighted by atomic mass is 16.5. The molecule has 0 amide bonds. The van der Waals surface area contributed by atoms with Crippen molar-refractivity contribution in [2.24, 2.45) is 0 Å². The zero-order chi connectivity index (χ0) is 10.1. The molecule has 0 aromatic heterocycles. The molecule has 0 saturated carbocycles. The second-order valence-electron chi connectivity index (χ2n) is 3.31. The van der Waals surface area contributed by atoms with Gasteiger partial charge < -0.3 is 4.74 Å². The van der Waals surface area contributed by atoms with Crippen molar-refractivity contribution in [3.05, 3.63) is 35.4 Å². The standard InChI is InChI=1S/C11H10O3/c1-7(12)14-11-6-10(13)8-4-2-3-5-9(8)11/h2-5,11H,6H2,1H3/t11-/m1/s1. The predicted molar refractivity (Wildman–Crippen MR) is 49.9 cm³/mol. The molecule has 3 nitrogen and oxygen atoms in total. The first-order valence-electron chi connectivity index (χ1n) is 4.48. The largest absolute Gasteiger partial charge is 0.457 e. The highest BCUT2D eigenvalue weighted by Gasteiger charge is 2.30. The van der Waals surface area contributed by atoms with Crippen LogP contribution in [0, 0.1) is 0 Å². The van der Waals surface area contributed by atoms with Crippen LogP contribution >= 0.6 is 0 Å². The molecule has 14 heavy (non-hydrogen) atoms. The molecule has 1 atom stereocenters. The Balaban J connectivity index is 2.34. The van der Waals surface area contributed by atoms with E-state index in [1.165, 1.54) is 6.92 Å². The van der Waals surface area contributed by atoms with E-state index < -0.39 is 0 Å². The fraction of sp³-hybridized carbons (Fsp3) is 0.273. The van der Waals surface area contributed by atoms with Gasteiger partial charge in [0.2, 0.25) is 0 Å². The summed E-state index contributed by atoms with van der Waals surface area (Å²) in [7, 11) is 0. The topological polar surface area (TPSA) is 43.4 Å². The Labute approximate surface area is 81.7 Å². The lowest BCUT2D eigenvalue weighted by Crippen LogP contribution is -2.05. The smallest absolute Gasteiger partial charge is 0.303 e. The lowest BCUT2D eigenvalue weighted by atomic mass is 10.1. The van der Waals surface area contributed by atoms with Crippen LogP contribution in [-0.2, 0) is 9.53 Å². The lowest BCUT2D eigenvalue weighted by molar-refractivity contribution is -0.146. The molecule has 1 aliphatic carbocycles. The second-order valence-corrected chi connectivity index (χ2v) is 3.31. The van der Waals surface area contributed by atoms with E-state index in [-0.39, 0.29) is 24.3 Å². The van der Waals surface area contributed by atoms with E-state index in [0.717, 1.165) is 5.56 Å². The Hall–Kier alpha value is -1.64. The van der Waals surface area contributed by atoms with Gasteiger partial charge in [0, 0.05) is 18.1 Å². The SMILES string of the molecule is CC(=O)O[C@@H]1CC(=O)c2ccccc21. The number of ketones is 1. The summed E-state index contributed by atoms with van der Waals surface area (Å²) in [6.07, 6.45) is -0.102. The summed E-state index contributed by atoms with van der Waals surface area (Å²) in [5.41, 5.74) is 1.51. The average Bonchev–Trinajstić information content (AvgIpc) is 2.44. The first-order valence-corrected chi connectivity index (χ1v) is 4.48. The van der Waals surface area contributed by atoms with Gasteiger partial charge in [0.05, 0.1) is 6.42 Å². The molecule has 0 N–H and O–H groups in total. The van der Waals surface area contributed by atoms with Gasteiger partial charge in [-0.05, 0) is 0 Å². The highest BCUT2D eigenvalue weighted by Crippen LogP contribution is 2.33. The molecule has 0 aliphatic heterocycles. The van der Waals surface area contributed by atoms with E-state index in [0.29, 0.717) is 5.56 Å². The molecule has 2 rings (SSSR count). The third-order valence-electron chi connectivity index (χ3n) is 2.29. The Morgan fingerprint density at radius 3 is 2.86 bits per heavy atom. The molecule has 0 heterocycles.